The number of nitrogens with one attached hydrogen (secondary N) is 2. The van der Waals surface area contributed by atoms with E-state index in [1.165, 1.54) is 0 Å². The maximum Gasteiger partial charge on any atom is 0.255 e. The summed E-state index contributed by atoms with van der Waals surface area (Å²) in [6, 6.07) is 6.95. The fraction of sp³-hybridized carbons (Fsp3) is 0.294. The molecule has 8 heteroatoms. The number of nitrogen functional groups attached to an aromatic ring is 1. The Balaban J connectivity index is 1.52. The van der Waals surface area contributed by atoms with E-state index in [2.05, 4.69) is 15.3 Å². The van der Waals surface area contributed by atoms with Gasteiger partial charge in [0, 0.05) is 17.7 Å². The first kappa shape index (κ1) is 15.4. The Morgan fingerprint density at radius 1 is 1.32 bits per heavy atom. The standard InChI is InChI=1S/C17H17N5O3/c18-17-20-13-8-22(6-5-11(13)16(25)21-17)14(23)7-12-9-3-1-2-4-10(9)15(24)19-12/h1-4,12H,5-8H2,(H,19,24)(H3,18,20,21,25)/t12-/m0/s1. The molecule has 2 amide bonds. The van der Waals surface area contributed by atoms with Gasteiger partial charge in [0.05, 0.1) is 24.7 Å². The number of nitrogens with two attached hydrogens (primary N) is 1. The van der Waals surface area contributed by atoms with Crippen molar-refractivity contribution in [2.24, 2.45) is 0 Å². The number of benzene rings is 1. The van der Waals surface area contributed by atoms with E-state index in [1.54, 1.807) is 17.0 Å². The fourth-order valence-corrected chi connectivity index (χ4v) is 3.46. The minimum Gasteiger partial charge on any atom is -0.369 e. The number of nitrogens with zero attached hydrogens (tertiary/aromatic N) is 2. The zero-order valence-corrected chi connectivity index (χ0v) is 13.4. The highest BCUT2D eigenvalue weighted by atomic mass is 16.2. The number of carbonyl (C=O) groups is 2. The van der Waals surface area contributed by atoms with E-state index < -0.39 is 0 Å². The smallest absolute Gasteiger partial charge is 0.255 e. The van der Waals surface area contributed by atoms with Crippen LogP contribution in [0.4, 0.5) is 5.95 Å². The number of anilines is 1. The maximum atomic E-state index is 12.7. The van der Waals surface area contributed by atoms with Crippen LogP contribution in [-0.4, -0.2) is 33.2 Å². The number of amides is 2. The van der Waals surface area contributed by atoms with E-state index in [-0.39, 0.29) is 42.3 Å². The minimum absolute atomic E-state index is 0.0510. The summed E-state index contributed by atoms with van der Waals surface area (Å²) < 4.78 is 0. The van der Waals surface area contributed by atoms with Gasteiger partial charge in [-0.3, -0.25) is 19.4 Å². The number of aromatic nitrogens is 2. The predicted molar refractivity (Wildman–Crippen MR) is 89.7 cm³/mol. The van der Waals surface area contributed by atoms with Crippen molar-refractivity contribution < 1.29 is 9.59 Å². The van der Waals surface area contributed by atoms with E-state index in [0.29, 0.717) is 29.8 Å². The summed E-state index contributed by atoms with van der Waals surface area (Å²) in [6.07, 6.45) is 0.619. The lowest BCUT2D eigenvalue weighted by molar-refractivity contribution is -0.132. The van der Waals surface area contributed by atoms with Gasteiger partial charge in [-0.15, -0.1) is 0 Å². The van der Waals surface area contributed by atoms with Gasteiger partial charge in [-0.25, -0.2) is 4.98 Å². The van der Waals surface area contributed by atoms with Crippen molar-refractivity contribution in [3.63, 3.8) is 0 Å². The first-order valence-corrected chi connectivity index (χ1v) is 8.08. The molecule has 2 aromatic rings. The average Bonchev–Trinajstić information content (AvgIpc) is 2.90. The van der Waals surface area contributed by atoms with E-state index in [1.807, 2.05) is 12.1 Å². The van der Waals surface area contributed by atoms with Crippen molar-refractivity contribution in [2.75, 3.05) is 12.3 Å². The van der Waals surface area contributed by atoms with Crippen LogP contribution in [0.3, 0.4) is 0 Å². The quantitative estimate of drug-likeness (QED) is 0.717. The zero-order chi connectivity index (χ0) is 17.6. The number of hydrogen-bond donors (Lipinski definition) is 3. The van der Waals surface area contributed by atoms with Gasteiger partial charge in [0.15, 0.2) is 0 Å². The van der Waals surface area contributed by atoms with Gasteiger partial charge in [0.1, 0.15) is 0 Å². The Hall–Kier alpha value is -3.16. The van der Waals surface area contributed by atoms with E-state index in [4.69, 9.17) is 5.73 Å². The molecule has 1 aromatic carbocycles. The lowest BCUT2D eigenvalue weighted by atomic mass is 10.0. The molecule has 4 N–H and O–H groups in total. The molecule has 25 heavy (non-hydrogen) atoms. The number of hydrogen-bond acceptors (Lipinski definition) is 5. The van der Waals surface area contributed by atoms with Gasteiger partial charge in [-0.1, -0.05) is 18.2 Å². The molecule has 3 heterocycles. The third kappa shape index (κ3) is 2.65. The molecule has 0 spiro atoms. The Bertz CT molecular complexity index is 936. The van der Waals surface area contributed by atoms with Gasteiger partial charge in [-0.2, -0.15) is 0 Å². The Morgan fingerprint density at radius 2 is 2.12 bits per heavy atom. The van der Waals surface area contributed by atoms with E-state index in [9.17, 15) is 14.4 Å². The molecule has 0 aliphatic carbocycles. The largest absolute Gasteiger partial charge is 0.369 e. The third-order valence-electron chi connectivity index (χ3n) is 4.71. The maximum absolute atomic E-state index is 12.7. The molecular formula is C17H17N5O3. The van der Waals surface area contributed by atoms with Crippen LogP contribution in [0.2, 0.25) is 0 Å². The summed E-state index contributed by atoms with van der Waals surface area (Å²) in [5.74, 6) is -0.193. The predicted octanol–water partition coefficient (Wildman–Crippen LogP) is 0.112. The molecule has 0 saturated heterocycles. The molecule has 2 aliphatic rings. The summed E-state index contributed by atoms with van der Waals surface area (Å²) in [5, 5.41) is 2.85. The molecule has 0 bridgehead atoms. The van der Waals surface area contributed by atoms with Crippen LogP contribution in [0.25, 0.3) is 0 Å². The molecule has 1 aromatic heterocycles. The highest BCUT2D eigenvalue weighted by Gasteiger charge is 2.32. The van der Waals surface area contributed by atoms with E-state index >= 15 is 0 Å². The van der Waals surface area contributed by atoms with Crippen LogP contribution in [0.15, 0.2) is 29.1 Å². The summed E-state index contributed by atoms with van der Waals surface area (Å²) in [4.78, 5) is 44.8. The molecule has 0 saturated carbocycles. The number of fused-ring (bicyclic) bond motifs is 2. The topological polar surface area (TPSA) is 121 Å². The van der Waals surface area contributed by atoms with Crippen molar-refractivity contribution in [1.82, 2.24) is 20.2 Å². The summed E-state index contributed by atoms with van der Waals surface area (Å²) >= 11 is 0. The van der Waals surface area contributed by atoms with Crippen LogP contribution < -0.4 is 16.6 Å². The number of rotatable bonds is 2. The van der Waals surface area contributed by atoms with Crippen LogP contribution in [-0.2, 0) is 17.8 Å². The molecular weight excluding hydrogens is 322 g/mol. The van der Waals surface area contributed by atoms with Crippen LogP contribution in [0.1, 0.15) is 39.6 Å². The highest BCUT2D eigenvalue weighted by molar-refractivity contribution is 5.99. The molecule has 2 aliphatic heterocycles. The fourth-order valence-electron chi connectivity index (χ4n) is 3.46. The van der Waals surface area contributed by atoms with Crippen molar-refractivity contribution in [3.05, 3.63) is 57.0 Å². The number of H-pyrrole nitrogens is 1. The lowest BCUT2D eigenvalue weighted by Crippen LogP contribution is -2.40. The number of aromatic amines is 1. The lowest BCUT2D eigenvalue weighted by Gasteiger charge is -2.28. The first-order valence-electron chi connectivity index (χ1n) is 8.08. The SMILES string of the molecule is Nc1nc2c(c(=O)[nH]1)CCN(C(=O)C[C@@H]1NC(=O)c3ccccc31)C2. The minimum atomic E-state index is -0.324. The van der Waals surface area contributed by atoms with Gasteiger partial charge in [0.2, 0.25) is 11.9 Å². The Labute approximate surface area is 143 Å². The Morgan fingerprint density at radius 3 is 2.96 bits per heavy atom. The molecule has 128 valence electrons. The van der Waals surface area contributed by atoms with Gasteiger partial charge >= 0.3 is 0 Å². The molecule has 0 fully saturated rings. The van der Waals surface area contributed by atoms with Crippen molar-refractivity contribution in [3.8, 4) is 0 Å². The monoisotopic (exact) mass is 339 g/mol. The molecule has 8 nitrogen and oxygen atoms in total. The normalized spacial score (nSPS) is 18.5. The second kappa shape index (κ2) is 5.73. The molecule has 0 radical (unpaired) electrons. The number of carbonyl (C=O) groups excluding carboxylic acids is 2. The van der Waals surface area contributed by atoms with Crippen molar-refractivity contribution in [2.45, 2.75) is 25.4 Å². The Kier molecular flexibility index (Phi) is 3.52. The van der Waals surface area contributed by atoms with Crippen LogP contribution >= 0.6 is 0 Å². The second-order valence-electron chi connectivity index (χ2n) is 6.26. The molecule has 0 unspecified atom stereocenters. The van der Waals surface area contributed by atoms with Gasteiger partial charge in [0.25, 0.3) is 11.5 Å². The van der Waals surface area contributed by atoms with Gasteiger partial charge in [-0.05, 0) is 18.1 Å². The van der Waals surface area contributed by atoms with Gasteiger partial charge < -0.3 is 16.0 Å². The summed E-state index contributed by atoms with van der Waals surface area (Å²) in [5.41, 5.74) is 7.92. The molecule has 1 atom stereocenters. The average molecular weight is 339 g/mol. The van der Waals surface area contributed by atoms with E-state index in [0.717, 1.165) is 5.56 Å². The third-order valence-corrected chi connectivity index (χ3v) is 4.71. The van der Waals surface area contributed by atoms with Crippen LogP contribution in [0.5, 0.6) is 0 Å². The first-order chi connectivity index (χ1) is 12.0. The zero-order valence-electron chi connectivity index (χ0n) is 13.4. The highest BCUT2D eigenvalue weighted by Crippen LogP contribution is 2.28. The van der Waals surface area contributed by atoms with Crippen molar-refractivity contribution in [1.29, 1.82) is 0 Å². The second-order valence-corrected chi connectivity index (χ2v) is 6.26. The summed E-state index contributed by atoms with van der Waals surface area (Å²) in [6.45, 7) is 0.702. The van der Waals surface area contributed by atoms with Crippen molar-refractivity contribution >= 4 is 17.8 Å². The van der Waals surface area contributed by atoms with Crippen LogP contribution in [0, 0.1) is 0 Å². The summed E-state index contributed by atoms with van der Waals surface area (Å²) in [7, 11) is 0. The molecule has 4 rings (SSSR count).